The number of nitriles is 1. The molecular formula is C28H32N6OS. The molecule has 0 aliphatic carbocycles. The first-order valence-electron chi connectivity index (χ1n) is 12.0. The Balaban J connectivity index is 1.94. The fourth-order valence-corrected chi connectivity index (χ4v) is 5.21. The molecule has 0 atom stereocenters. The minimum atomic E-state index is -0.0910. The van der Waals surface area contributed by atoms with Crippen molar-refractivity contribution in [3.8, 4) is 17.5 Å². The van der Waals surface area contributed by atoms with E-state index >= 15 is 0 Å². The Labute approximate surface area is 216 Å². The summed E-state index contributed by atoms with van der Waals surface area (Å²) in [6.45, 7) is 11.8. The summed E-state index contributed by atoms with van der Waals surface area (Å²) in [6.07, 6.45) is 4.58. The molecule has 0 bridgehead atoms. The molecule has 0 fully saturated rings. The molecule has 0 saturated heterocycles. The average molecular weight is 501 g/mol. The molecule has 0 spiro atoms. The van der Waals surface area contributed by atoms with E-state index in [1.807, 2.05) is 23.1 Å². The number of hydrogen-bond acceptors (Lipinski definition) is 5. The number of rotatable bonds is 4. The lowest BCUT2D eigenvalue weighted by Gasteiger charge is -2.24. The van der Waals surface area contributed by atoms with Gasteiger partial charge in [-0.05, 0) is 81.2 Å². The summed E-state index contributed by atoms with van der Waals surface area (Å²) in [5.74, 6) is 0. The second kappa shape index (κ2) is 10.6. The van der Waals surface area contributed by atoms with Crippen LogP contribution in [0.25, 0.3) is 11.3 Å². The van der Waals surface area contributed by atoms with Gasteiger partial charge in [0.15, 0.2) is 11.4 Å². The highest BCUT2D eigenvalue weighted by molar-refractivity contribution is 8.13. The van der Waals surface area contributed by atoms with Gasteiger partial charge in [-0.2, -0.15) is 5.26 Å². The van der Waals surface area contributed by atoms with Gasteiger partial charge in [0.1, 0.15) is 5.49 Å². The highest BCUT2D eigenvalue weighted by Gasteiger charge is 2.20. The molecule has 0 unspecified atom stereocenters. The van der Waals surface area contributed by atoms with E-state index in [0.29, 0.717) is 30.3 Å². The first-order valence-corrected chi connectivity index (χ1v) is 13.3. The first kappa shape index (κ1) is 25.5. The summed E-state index contributed by atoms with van der Waals surface area (Å²) in [5, 5.41) is 12.0. The molecule has 1 aliphatic rings. The van der Waals surface area contributed by atoms with Crippen molar-refractivity contribution in [2.24, 2.45) is 9.98 Å². The summed E-state index contributed by atoms with van der Waals surface area (Å²) in [5.41, 5.74) is 10.5. The molecule has 1 aliphatic heterocycles. The Bertz CT molecular complexity index is 1510. The van der Waals surface area contributed by atoms with E-state index in [4.69, 9.17) is 10.3 Å². The van der Waals surface area contributed by atoms with Crippen LogP contribution in [0.2, 0.25) is 0 Å². The smallest absolute Gasteiger partial charge is 0.293 e. The molecule has 186 valence electrons. The number of amidine groups is 1. The number of nitrogens with one attached hydrogen (secondary N) is 1. The molecule has 36 heavy (non-hydrogen) atoms. The van der Waals surface area contributed by atoms with Crippen LogP contribution >= 0.6 is 11.8 Å². The molecule has 3 aromatic rings. The van der Waals surface area contributed by atoms with Gasteiger partial charge >= 0.3 is 5.69 Å². The quantitative estimate of drug-likeness (QED) is 0.248. The maximum absolute atomic E-state index is 13.8. The van der Waals surface area contributed by atoms with Gasteiger partial charge in [0.2, 0.25) is 0 Å². The minimum absolute atomic E-state index is 0.0910. The maximum Gasteiger partial charge on any atom is 0.330 e. The van der Waals surface area contributed by atoms with Crippen molar-refractivity contribution >= 4 is 22.6 Å². The normalized spacial score (nSPS) is 13.2. The fourth-order valence-electron chi connectivity index (χ4n) is 4.84. The Morgan fingerprint density at radius 1 is 1.06 bits per heavy atom. The van der Waals surface area contributed by atoms with Crippen molar-refractivity contribution < 1.29 is 0 Å². The lowest BCUT2D eigenvalue weighted by molar-refractivity contribution is 0.547. The molecular weight excluding hydrogens is 468 g/mol. The standard InChI is InChI=1S/C28H32N6OS/c1-17-11-20(4)26(21(5)12-17)32-25-15-24-23-14-19(3)18(2)13-22(23)7-9-33(24)28(35)34(25)10-8-30-27(36-6)31-16-29/h11-15H,7-10H2,1-6H3,(H,30,31). The molecule has 8 heteroatoms. The second-order valence-electron chi connectivity index (χ2n) is 9.30. The lowest BCUT2D eigenvalue weighted by Crippen LogP contribution is -2.42. The van der Waals surface area contributed by atoms with E-state index in [1.54, 1.807) is 4.57 Å². The predicted octanol–water partition coefficient (Wildman–Crippen LogP) is 4.44. The van der Waals surface area contributed by atoms with Gasteiger partial charge in [-0.25, -0.2) is 9.79 Å². The van der Waals surface area contributed by atoms with Crippen LogP contribution in [0.1, 0.15) is 33.4 Å². The van der Waals surface area contributed by atoms with Crippen LogP contribution in [0, 0.1) is 46.1 Å². The molecule has 0 amide bonds. The van der Waals surface area contributed by atoms with E-state index in [2.05, 4.69) is 69.2 Å². The molecule has 7 nitrogen and oxygen atoms in total. The number of aliphatic imine (C=N–C) groups is 1. The monoisotopic (exact) mass is 500 g/mol. The van der Waals surface area contributed by atoms with E-state index in [-0.39, 0.29) is 5.69 Å². The first-order chi connectivity index (χ1) is 17.2. The largest absolute Gasteiger partial charge is 0.330 e. The van der Waals surface area contributed by atoms with E-state index in [9.17, 15) is 4.79 Å². The summed E-state index contributed by atoms with van der Waals surface area (Å²) in [6, 6.07) is 10.7. The van der Waals surface area contributed by atoms with Crippen LogP contribution in [0.5, 0.6) is 0 Å². The van der Waals surface area contributed by atoms with Crippen LogP contribution in [-0.4, -0.2) is 27.1 Å². The maximum atomic E-state index is 13.8. The lowest BCUT2D eigenvalue weighted by atomic mass is 9.93. The molecule has 0 radical (unpaired) electrons. The zero-order valence-corrected chi connectivity index (χ0v) is 22.6. The molecule has 1 N–H and O–H groups in total. The fraction of sp³-hybridized carbons (Fsp3) is 0.357. The highest BCUT2D eigenvalue weighted by atomic mass is 32.2. The average Bonchev–Trinajstić information content (AvgIpc) is 2.83. The Morgan fingerprint density at radius 3 is 2.42 bits per heavy atom. The van der Waals surface area contributed by atoms with Crippen molar-refractivity contribution in [3.05, 3.63) is 79.7 Å². The zero-order valence-electron chi connectivity index (χ0n) is 21.8. The number of benzene rings is 2. The van der Waals surface area contributed by atoms with Crippen LogP contribution in [0.15, 0.2) is 45.1 Å². The summed E-state index contributed by atoms with van der Waals surface area (Å²) < 4.78 is 3.57. The third-order valence-electron chi connectivity index (χ3n) is 6.69. The number of aryl methyl sites for hydroxylation is 6. The summed E-state index contributed by atoms with van der Waals surface area (Å²) in [7, 11) is 0. The number of aromatic nitrogens is 2. The third-order valence-corrected chi connectivity index (χ3v) is 7.31. The van der Waals surface area contributed by atoms with Crippen molar-refractivity contribution in [2.45, 2.75) is 54.1 Å². The number of nitrogens with zero attached hydrogens (tertiary/aromatic N) is 5. The van der Waals surface area contributed by atoms with Crippen LogP contribution in [0.3, 0.4) is 0 Å². The van der Waals surface area contributed by atoms with E-state index in [1.165, 1.54) is 34.0 Å². The van der Waals surface area contributed by atoms with Crippen molar-refractivity contribution in [1.82, 2.24) is 14.5 Å². The molecule has 1 aromatic heterocycles. The Morgan fingerprint density at radius 2 is 1.75 bits per heavy atom. The van der Waals surface area contributed by atoms with Crippen molar-refractivity contribution in [3.63, 3.8) is 0 Å². The Kier molecular flexibility index (Phi) is 7.51. The topological polar surface area (TPSA) is 87.5 Å². The van der Waals surface area contributed by atoms with Gasteiger partial charge in [0, 0.05) is 24.7 Å². The van der Waals surface area contributed by atoms with Crippen molar-refractivity contribution in [2.75, 3.05) is 12.8 Å². The Hall–Kier alpha value is -3.57. The molecule has 4 rings (SSSR count). The van der Waals surface area contributed by atoms with Crippen LogP contribution in [0.4, 0.5) is 5.69 Å². The minimum Gasteiger partial charge on any atom is -0.293 e. The number of fused-ring (bicyclic) bond motifs is 3. The zero-order chi connectivity index (χ0) is 26.0. The third kappa shape index (κ3) is 5.02. The van der Waals surface area contributed by atoms with E-state index < -0.39 is 0 Å². The van der Waals surface area contributed by atoms with Crippen LogP contribution in [-0.2, 0) is 19.5 Å². The second-order valence-corrected chi connectivity index (χ2v) is 10.1. The van der Waals surface area contributed by atoms with Gasteiger partial charge in [-0.15, -0.1) is 0 Å². The summed E-state index contributed by atoms with van der Waals surface area (Å²) >= 11 is 1.36. The molecule has 2 heterocycles. The number of hydrogen-bond donors (Lipinski definition) is 1. The van der Waals surface area contributed by atoms with Crippen molar-refractivity contribution in [1.29, 1.82) is 5.26 Å². The molecule has 2 aromatic carbocycles. The van der Waals surface area contributed by atoms with Crippen LogP contribution < -0.4 is 16.5 Å². The SMILES string of the molecule is CSC(=NCCn1c(=Nc2c(C)cc(C)cc2C)cc2n(c1=O)CCc1cc(C)c(C)cc1-2)NC#N. The van der Waals surface area contributed by atoms with Gasteiger partial charge in [-0.1, -0.05) is 35.5 Å². The predicted molar refractivity (Wildman–Crippen MR) is 148 cm³/mol. The highest BCUT2D eigenvalue weighted by Crippen LogP contribution is 2.30. The van der Waals surface area contributed by atoms with Gasteiger partial charge < -0.3 is 0 Å². The molecule has 0 saturated carbocycles. The van der Waals surface area contributed by atoms with Gasteiger partial charge in [-0.3, -0.25) is 19.4 Å². The van der Waals surface area contributed by atoms with E-state index in [0.717, 1.165) is 34.5 Å². The van der Waals surface area contributed by atoms with Gasteiger partial charge in [0.25, 0.3) is 0 Å². The van der Waals surface area contributed by atoms with Gasteiger partial charge in [0.05, 0.1) is 17.9 Å². The number of thioether (sulfide) groups is 1. The summed E-state index contributed by atoms with van der Waals surface area (Å²) in [4.78, 5) is 23.3.